The van der Waals surface area contributed by atoms with Crippen molar-refractivity contribution in [1.82, 2.24) is 4.90 Å². The molecule has 7 heteroatoms. The number of fused-ring (bicyclic) bond motifs is 1. The van der Waals surface area contributed by atoms with Gasteiger partial charge in [-0.1, -0.05) is 6.07 Å². The first-order chi connectivity index (χ1) is 11.5. The predicted octanol–water partition coefficient (Wildman–Crippen LogP) is 2.20. The summed E-state index contributed by atoms with van der Waals surface area (Å²) in [4.78, 5) is 37.1. The molecular weight excluding hydrogens is 313 g/mol. The fourth-order valence-electron chi connectivity index (χ4n) is 2.42. The second-order valence-corrected chi connectivity index (χ2v) is 5.08. The molecule has 2 aromatic carbocycles. The van der Waals surface area contributed by atoms with Gasteiger partial charge in [-0.2, -0.15) is 5.26 Å². The molecule has 24 heavy (non-hydrogen) atoms. The molecule has 3 rings (SSSR count). The molecular formula is C17H10FN3O3. The molecule has 6 nitrogen and oxygen atoms in total. The number of benzene rings is 2. The number of nitriles is 1. The highest BCUT2D eigenvalue weighted by Gasteiger charge is 2.35. The Balaban J connectivity index is 1.86. The Bertz CT molecular complexity index is 918. The Hall–Kier alpha value is -3.53. The van der Waals surface area contributed by atoms with Crippen molar-refractivity contribution in [2.24, 2.45) is 0 Å². The van der Waals surface area contributed by atoms with E-state index in [9.17, 15) is 18.8 Å². The van der Waals surface area contributed by atoms with Crippen LogP contribution >= 0.6 is 0 Å². The van der Waals surface area contributed by atoms with E-state index in [1.165, 1.54) is 36.4 Å². The van der Waals surface area contributed by atoms with Gasteiger partial charge in [0.25, 0.3) is 17.7 Å². The van der Waals surface area contributed by atoms with Gasteiger partial charge >= 0.3 is 0 Å². The molecule has 1 heterocycles. The minimum absolute atomic E-state index is 0.118. The molecule has 1 N–H and O–H groups in total. The minimum atomic E-state index is -0.585. The van der Waals surface area contributed by atoms with Gasteiger partial charge in [0.1, 0.15) is 12.4 Å². The van der Waals surface area contributed by atoms with E-state index in [0.717, 1.165) is 11.0 Å². The number of rotatable bonds is 3. The summed E-state index contributed by atoms with van der Waals surface area (Å²) < 4.78 is 13.2. The topological polar surface area (TPSA) is 90.3 Å². The van der Waals surface area contributed by atoms with E-state index in [0.29, 0.717) is 5.69 Å². The maximum atomic E-state index is 13.2. The average Bonchev–Trinajstić information content (AvgIpc) is 2.80. The van der Waals surface area contributed by atoms with Crippen molar-refractivity contribution in [2.75, 3.05) is 11.9 Å². The van der Waals surface area contributed by atoms with Crippen molar-refractivity contribution >= 4 is 23.4 Å². The van der Waals surface area contributed by atoms with E-state index in [4.69, 9.17) is 5.26 Å². The van der Waals surface area contributed by atoms with E-state index in [1.54, 1.807) is 6.07 Å². The number of hydrogen-bond acceptors (Lipinski definition) is 4. The third-order valence-electron chi connectivity index (χ3n) is 3.54. The first-order valence-electron chi connectivity index (χ1n) is 6.95. The standard InChI is InChI=1S/C17H10FN3O3/c18-11-3-1-2-10(8-11)15(22)20-12-4-5-13-14(9-12)17(24)21(7-6-19)16(13)23/h1-5,8-9H,7H2,(H,20,22). The molecule has 0 bridgehead atoms. The lowest BCUT2D eigenvalue weighted by Crippen LogP contribution is -2.29. The third kappa shape index (κ3) is 2.61. The van der Waals surface area contributed by atoms with Gasteiger partial charge in [-0.05, 0) is 36.4 Å². The van der Waals surface area contributed by atoms with Crippen molar-refractivity contribution in [3.8, 4) is 6.07 Å². The highest BCUT2D eigenvalue weighted by Crippen LogP contribution is 2.25. The van der Waals surface area contributed by atoms with Crippen molar-refractivity contribution < 1.29 is 18.8 Å². The monoisotopic (exact) mass is 323 g/mol. The van der Waals surface area contributed by atoms with Crippen molar-refractivity contribution in [3.05, 3.63) is 65.0 Å². The zero-order valence-corrected chi connectivity index (χ0v) is 12.2. The fourth-order valence-corrected chi connectivity index (χ4v) is 2.42. The maximum Gasteiger partial charge on any atom is 0.262 e. The number of nitrogens with zero attached hydrogens (tertiary/aromatic N) is 2. The molecule has 118 valence electrons. The number of halogens is 1. The van der Waals surface area contributed by atoms with Crippen LogP contribution in [0.4, 0.5) is 10.1 Å². The molecule has 0 spiro atoms. The molecule has 0 aliphatic carbocycles. The molecule has 0 saturated carbocycles. The lowest BCUT2D eigenvalue weighted by Gasteiger charge is -2.07. The van der Waals surface area contributed by atoms with Gasteiger partial charge in [0.05, 0.1) is 17.2 Å². The number of carbonyl (C=O) groups excluding carboxylic acids is 3. The fraction of sp³-hybridized carbons (Fsp3) is 0.0588. The van der Waals surface area contributed by atoms with Crippen molar-refractivity contribution in [2.45, 2.75) is 0 Å². The Kier molecular flexibility index (Phi) is 3.80. The molecule has 0 atom stereocenters. The van der Waals surface area contributed by atoms with Crippen LogP contribution in [0.3, 0.4) is 0 Å². The normalized spacial score (nSPS) is 12.8. The highest BCUT2D eigenvalue weighted by molar-refractivity contribution is 6.22. The summed E-state index contributed by atoms with van der Waals surface area (Å²) in [5.74, 6) is -2.21. The number of anilines is 1. The molecule has 0 unspecified atom stereocenters. The summed E-state index contributed by atoms with van der Waals surface area (Å²) in [6, 6.07) is 11.2. The van der Waals surface area contributed by atoms with Gasteiger partial charge in [0.15, 0.2) is 0 Å². The first-order valence-corrected chi connectivity index (χ1v) is 6.95. The smallest absolute Gasteiger partial charge is 0.262 e. The van der Waals surface area contributed by atoms with Crippen LogP contribution in [0.5, 0.6) is 0 Å². The van der Waals surface area contributed by atoms with Gasteiger partial charge in [-0.25, -0.2) is 4.39 Å². The van der Waals surface area contributed by atoms with Crippen LogP contribution in [0.25, 0.3) is 0 Å². The SMILES string of the molecule is N#CCN1C(=O)c2ccc(NC(=O)c3cccc(F)c3)cc2C1=O. The van der Waals surface area contributed by atoms with Crippen LogP contribution < -0.4 is 5.32 Å². The number of amides is 3. The molecule has 1 aliphatic rings. The molecule has 0 radical (unpaired) electrons. The summed E-state index contributed by atoms with van der Waals surface area (Å²) in [7, 11) is 0. The van der Waals surface area contributed by atoms with E-state index >= 15 is 0 Å². The summed E-state index contributed by atoms with van der Waals surface area (Å²) in [5, 5.41) is 11.2. The summed E-state index contributed by atoms with van der Waals surface area (Å²) in [6.45, 7) is -0.336. The zero-order valence-electron chi connectivity index (χ0n) is 12.2. The second-order valence-electron chi connectivity index (χ2n) is 5.08. The number of carbonyl (C=O) groups is 3. The second kappa shape index (κ2) is 5.93. The number of imide groups is 1. The first kappa shape index (κ1) is 15.4. The Morgan fingerprint density at radius 2 is 1.88 bits per heavy atom. The molecule has 3 amide bonds. The largest absolute Gasteiger partial charge is 0.322 e. The lowest BCUT2D eigenvalue weighted by atomic mass is 10.1. The van der Waals surface area contributed by atoms with E-state index in [2.05, 4.69) is 5.32 Å². The summed E-state index contributed by atoms with van der Waals surface area (Å²) in [6.07, 6.45) is 0. The number of hydrogen-bond donors (Lipinski definition) is 1. The summed E-state index contributed by atoms with van der Waals surface area (Å²) >= 11 is 0. The molecule has 1 aliphatic heterocycles. The van der Waals surface area contributed by atoms with Gasteiger partial charge < -0.3 is 5.32 Å². The van der Waals surface area contributed by atoms with Crippen LogP contribution in [0.15, 0.2) is 42.5 Å². The Morgan fingerprint density at radius 3 is 2.58 bits per heavy atom. The number of nitrogens with one attached hydrogen (secondary N) is 1. The quantitative estimate of drug-likeness (QED) is 0.692. The molecule has 0 aromatic heterocycles. The van der Waals surface area contributed by atoms with E-state index in [-0.39, 0.29) is 23.2 Å². The van der Waals surface area contributed by atoms with Gasteiger partial charge in [0, 0.05) is 11.3 Å². The van der Waals surface area contributed by atoms with Gasteiger partial charge in [-0.15, -0.1) is 0 Å². The van der Waals surface area contributed by atoms with Crippen molar-refractivity contribution in [3.63, 3.8) is 0 Å². The maximum absolute atomic E-state index is 13.2. The lowest BCUT2D eigenvalue weighted by molar-refractivity contribution is 0.0673. The average molecular weight is 323 g/mol. The highest BCUT2D eigenvalue weighted by atomic mass is 19.1. The third-order valence-corrected chi connectivity index (χ3v) is 3.54. The van der Waals surface area contributed by atoms with Crippen LogP contribution in [-0.4, -0.2) is 29.2 Å². The zero-order chi connectivity index (χ0) is 17.3. The van der Waals surface area contributed by atoms with Gasteiger partial charge in [-0.3, -0.25) is 19.3 Å². The van der Waals surface area contributed by atoms with Crippen molar-refractivity contribution in [1.29, 1.82) is 5.26 Å². The minimum Gasteiger partial charge on any atom is -0.322 e. The van der Waals surface area contributed by atoms with Crippen LogP contribution in [0.1, 0.15) is 31.1 Å². The predicted molar refractivity (Wildman–Crippen MR) is 81.8 cm³/mol. The van der Waals surface area contributed by atoms with E-state index in [1.807, 2.05) is 0 Å². The van der Waals surface area contributed by atoms with Crippen LogP contribution in [0, 0.1) is 17.1 Å². The Labute approximate surface area is 136 Å². The van der Waals surface area contributed by atoms with E-state index < -0.39 is 23.5 Å². The van der Waals surface area contributed by atoms with Gasteiger partial charge in [0.2, 0.25) is 0 Å². The molecule has 0 saturated heterocycles. The molecule has 2 aromatic rings. The van der Waals surface area contributed by atoms with Crippen LogP contribution in [-0.2, 0) is 0 Å². The Morgan fingerprint density at radius 1 is 1.12 bits per heavy atom. The molecule has 0 fully saturated rings. The summed E-state index contributed by atoms with van der Waals surface area (Å²) in [5.41, 5.74) is 0.721. The van der Waals surface area contributed by atoms with Crippen LogP contribution in [0.2, 0.25) is 0 Å².